The van der Waals surface area contributed by atoms with Gasteiger partial charge in [0.15, 0.2) is 0 Å². The highest BCUT2D eigenvalue weighted by molar-refractivity contribution is 6.30. The fourth-order valence-electron chi connectivity index (χ4n) is 2.51. The minimum atomic E-state index is -0.504. The molecule has 1 aromatic carbocycles. The molecule has 1 aliphatic rings. The Morgan fingerprint density at radius 2 is 2.14 bits per heavy atom. The third-order valence-electron chi connectivity index (χ3n) is 3.65. The zero-order valence-electron chi connectivity index (χ0n) is 12.4. The Balaban J connectivity index is 1.50. The summed E-state index contributed by atoms with van der Waals surface area (Å²) in [4.78, 5) is 2.50. The second kappa shape index (κ2) is 9.26. The average Bonchev–Trinajstić information content (AvgIpc) is 2.98. The molecule has 1 aliphatic heterocycles. The van der Waals surface area contributed by atoms with Gasteiger partial charge in [0.25, 0.3) is 0 Å². The summed E-state index contributed by atoms with van der Waals surface area (Å²) in [5, 5.41) is 13.8. The van der Waals surface area contributed by atoms with E-state index < -0.39 is 6.10 Å². The van der Waals surface area contributed by atoms with E-state index >= 15 is 0 Å². The van der Waals surface area contributed by atoms with Crippen LogP contribution < -0.4 is 10.1 Å². The number of nitrogens with zero attached hydrogens (tertiary/aromatic N) is 1. The molecule has 1 unspecified atom stereocenters. The molecule has 1 saturated heterocycles. The first kappa shape index (κ1) is 16.6. The van der Waals surface area contributed by atoms with Crippen LogP contribution in [0.1, 0.15) is 19.3 Å². The lowest BCUT2D eigenvalue weighted by molar-refractivity contribution is 0.106. The molecule has 4 nitrogen and oxygen atoms in total. The number of rotatable bonds is 9. The third kappa shape index (κ3) is 6.66. The van der Waals surface area contributed by atoms with Gasteiger partial charge < -0.3 is 20.1 Å². The smallest absolute Gasteiger partial charge is 0.120 e. The fourth-order valence-corrected chi connectivity index (χ4v) is 2.69. The normalized spacial score (nSPS) is 17.0. The molecule has 5 heteroatoms. The van der Waals surface area contributed by atoms with Crippen LogP contribution in [0, 0.1) is 0 Å². The number of halogens is 1. The molecule has 0 amide bonds. The van der Waals surface area contributed by atoms with Crippen LogP contribution in [0.25, 0.3) is 0 Å². The van der Waals surface area contributed by atoms with Crippen LogP contribution in [0.2, 0.25) is 5.02 Å². The number of aliphatic hydroxyl groups is 1. The van der Waals surface area contributed by atoms with E-state index in [2.05, 4.69) is 10.2 Å². The first-order valence-electron chi connectivity index (χ1n) is 7.73. The van der Waals surface area contributed by atoms with Gasteiger partial charge in [-0.25, -0.2) is 0 Å². The quantitative estimate of drug-likeness (QED) is 0.686. The summed E-state index contributed by atoms with van der Waals surface area (Å²) in [5.74, 6) is 0.690. The Morgan fingerprint density at radius 1 is 1.33 bits per heavy atom. The van der Waals surface area contributed by atoms with Gasteiger partial charge in [-0.2, -0.15) is 0 Å². The predicted octanol–water partition coefficient (Wildman–Crippen LogP) is 2.16. The maximum absolute atomic E-state index is 9.86. The topological polar surface area (TPSA) is 44.7 Å². The van der Waals surface area contributed by atoms with Gasteiger partial charge in [0, 0.05) is 11.6 Å². The Hall–Kier alpha value is -0.810. The van der Waals surface area contributed by atoms with Crippen LogP contribution in [0.3, 0.4) is 0 Å². The number of nitrogens with one attached hydrogen (secondary N) is 1. The van der Waals surface area contributed by atoms with Gasteiger partial charge in [0.1, 0.15) is 18.5 Å². The minimum Gasteiger partial charge on any atom is -0.491 e. The van der Waals surface area contributed by atoms with Crippen LogP contribution in [0.15, 0.2) is 24.3 Å². The van der Waals surface area contributed by atoms with Crippen molar-refractivity contribution in [1.29, 1.82) is 0 Å². The van der Waals surface area contributed by atoms with Gasteiger partial charge in [-0.05, 0) is 63.6 Å². The van der Waals surface area contributed by atoms with E-state index in [1.165, 1.54) is 25.9 Å². The van der Waals surface area contributed by atoms with Gasteiger partial charge in [-0.15, -0.1) is 0 Å². The maximum atomic E-state index is 9.86. The van der Waals surface area contributed by atoms with Crippen LogP contribution in [-0.2, 0) is 0 Å². The van der Waals surface area contributed by atoms with E-state index in [1.54, 1.807) is 12.1 Å². The maximum Gasteiger partial charge on any atom is 0.120 e. The molecule has 1 heterocycles. The summed E-state index contributed by atoms with van der Waals surface area (Å²) in [7, 11) is 0. The van der Waals surface area contributed by atoms with Crippen molar-refractivity contribution >= 4 is 11.6 Å². The summed E-state index contributed by atoms with van der Waals surface area (Å²) in [6.07, 6.45) is 3.30. The molecular weight excluding hydrogens is 288 g/mol. The van der Waals surface area contributed by atoms with E-state index in [9.17, 15) is 5.11 Å². The molecule has 1 atom stereocenters. The first-order valence-corrected chi connectivity index (χ1v) is 8.11. The largest absolute Gasteiger partial charge is 0.491 e. The highest BCUT2D eigenvalue weighted by atomic mass is 35.5. The minimum absolute atomic E-state index is 0.277. The Kier molecular flexibility index (Phi) is 7.30. The molecule has 1 aromatic rings. The van der Waals surface area contributed by atoms with Crippen LogP contribution in [0.5, 0.6) is 5.75 Å². The Bertz CT molecular complexity index is 411. The number of hydrogen-bond acceptors (Lipinski definition) is 4. The van der Waals surface area contributed by atoms with Crippen molar-refractivity contribution in [1.82, 2.24) is 10.2 Å². The van der Waals surface area contributed by atoms with E-state index in [0.717, 1.165) is 19.5 Å². The van der Waals surface area contributed by atoms with E-state index in [4.69, 9.17) is 16.3 Å². The van der Waals surface area contributed by atoms with Crippen LogP contribution in [-0.4, -0.2) is 55.4 Å². The van der Waals surface area contributed by atoms with Crippen molar-refractivity contribution in [2.75, 3.05) is 39.3 Å². The molecular formula is C16H25ClN2O2. The Morgan fingerprint density at radius 3 is 2.90 bits per heavy atom. The van der Waals surface area contributed by atoms with Gasteiger partial charge in [-0.1, -0.05) is 17.7 Å². The first-order chi connectivity index (χ1) is 10.2. The molecule has 2 rings (SSSR count). The molecule has 2 N–H and O–H groups in total. The number of ether oxygens (including phenoxy) is 1. The molecule has 0 aliphatic carbocycles. The van der Waals surface area contributed by atoms with Gasteiger partial charge in [0.05, 0.1) is 0 Å². The SMILES string of the molecule is OC(CNCCCN1CCCC1)COc1cccc(Cl)c1. The number of aliphatic hydroxyl groups excluding tert-OH is 1. The highest BCUT2D eigenvalue weighted by Crippen LogP contribution is 2.17. The second-order valence-corrected chi connectivity index (χ2v) is 5.97. The molecule has 21 heavy (non-hydrogen) atoms. The predicted molar refractivity (Wildman–Crippen MR) is 86.1 cm³/mol. The number of likely N-dealkylation sites (tertiary alicyclic amines) is 1. The number of benzene rings is 1. The van der Waals surface area contributed by atoms with Crippen LogP contribution in [0.4, 0.5) is 0 Å². The third-order valence-corrected chi connectivity index (χ3v) is 3.88. The lowest BCUT2D eigenvalue weighted by atomic mass is 10.3. The highest BCUT2D eigenvalue weighted by Gasteiger charge is 2.10. The van der Waals surface area contributed by atoms with Crippen molar-refractivity contribution in [3.05, 3.63) is 29.3 Å². The van der Waals surface area contributed by atoms with Crippen molar-refractivity contribution in [3.8, 4) is 5.75 Å². The standard InChI is InChI=1S/C16H25ClN2O2/c17-14-5-3-6-16(11-14)21-13-15(20)12-18-7-4-10-19-8-1-2-9-19/h3,5-6,11,15,18,20H,1-2,4,7-10,12-13H2. The molecule has 118 valence electrons. The monoisotopic (exact) mass is 312 g/mol. The molecule has 1 fully saturated rings. The van der Waals surface area contributed by atoms with Crippen LogP contribution >= 0.6 is 11.6 Å². The summed E-state index contributed by atoms with van der Waals surface area (Å²) < 4.78 is 5.50. The van der Waals surface area contributed by atoms with Gasteiger partial charge in [-0.3, -0.25) is 0 Å². The average molecular weight is 313 g/mol. The van der Waals surface area contributed by atoms with Crippen molar-refractivity contribution in [2.45, 2.75) is 25.4 Å². The van der Waals surface area contributed by atoms with Crippen molar-refractivity contribution in [3.63, 3.8) is 0 Å². The van der Waals surface area contributed by atoms with Crippen molar-refractivity contribution in [2.24, 2.45) is 0 Å². The zero-order chi connectivity index (χ0) is 14.9. The summed E-state index contributed by atoms with van der Waals surface area (Å²) in [6.45, 7) is 5.42. The van der Waals surface area contributed by atoms with Gasteiger partial charge in [0.2, 0.25) is 0 Å². The van der Waals surface area contributed by atoms with E-state index in [1.807, 2.05) is 12.1 Å². The second-order valence-electron chi connectivity index (χ2n) is 5.53. The molecule has 0 radical (unpaired) electrons. The van der Waals surface area contributed by atoms with Crippen molar-refractivity contribution < 1.29 is 9.84 Å². The number of hydrogen-bond donors (Lipinski definition) is 2. The van der Waals surface area contributed by atoms with E-state index in [-0.39, 0.29) is 6.61 Å². The Labute approximate surface area is 132 Å². The summed E-state index contributed by atoms with van der Waals surface area (Å²) >= 11 is 5.87. The molecule has 0 aromatic heterocycles. The lowest BCUT2D eigenvalue weighted by Gasteiger charge is -2.16. The molecule has 0 spiro atoms. The lowest BCUT2D eigenvalue weighted by Crippen LogP contribution is -2.33. The molecule has 0 saturated carbocycles. The fraction of sp³-hybridized carbons (Fsp3) is 0.625. The summed E-state index contributed by atoms with van der Waals surface area (Å²) in [6, 6.07) is 7.22. The van der Waals surface area contributed by atoms with E-state index in [0.29, 0.717) is 17.3 Å². The summed E-state index contributed by atoms with van der Waals surface area (Å²) in [5.41, 5.74) is 0. The molecule has 0 bridgehead atoms. The zero-order valence-corrected chi connectivity index (χ0v) is 13.2. The van der Waals surface area contributed by atoms with Gasteiger partial charge >= 0.3 is 0 Å².